The Labute approximate surface area is 89.1 Å². The number of hydrazine groups is 1. The Morgan fingerprint density at radius 3 is 3.13 bits per heavy atom. The summed E-state index contributed by atoms with van der Waals surface area (Å²) in [5, 5.41) is 12.2. The van der Waals surface area contributed by atoms with Crippen LogP contribution in [0.2, 0.25) is 0 Å². The van der Waals surface area contributed by atoms with Gasteiger partial charge in [0.2, 0.25) is 5.82 Å². The Hall–Kier alpha value is -1.96. The number of aromatic nitrogens is 2. The van der Waals surface area contributed by atoms with E-state index >= 15 is 0 Å². The summed E-state index contributed by atoms with van der Waals surface area (Å²) in [4.78, 5) is 16.2. The molecule has 2 heterocycles. The van der Waals surface area contributed by atoms with E-state index in [1.54, 1.807) is 22.9 Å². The molecular formula is C7H7N5O2S. The third kappa shape index (κ3) is 2.29. The first-order chi connectivity index (χ1) is 7.25. The molecule has 0 unspecified atom stereocenters. The average Bonchev–Trinajstić information content (AvgIpc) is 2.86. The van der Waals surface area contributed by atoms with Crippen molar-refractivity contribution in [2.75, 3.05) is 0 Å². The second-order valence-corrected chi connectivity index (χ2v) is 3.47. The third-order valence-electron chi connectivity index (χ3n) is 1.59. The number of hydrogen-bond acceptors (Lipinski definition) is 6. The molecule has 1 aromatic rings. The van der Waals surface area contributed by atoms with Gasteiger partial charge in [0.15, 0.2) is 0 Å². The van der Waals surface area contributed by atoms with Gasteiger partial charge in [-0.05, 0) is 4.92 Å². The van der Waals surface area contributed by atoms with Crippen molar-refractivity contribution in [3.05, 3.63) is 39.9 Å². The van der Waals surface area contributed by atoms with Crippen LogP contribution in [0.5, 0.6) is 0 Å². The first kappa shape index (κ1) is 9.59. The zero-order valence-corrected chi connectivity index (χ0v) is 8.27. The highest BCUT2D eigenvalue weighted by atomic mass is 32.2. The molecular weight excluding hydrogens is 218 g/mol. The van der Waals surface area contributed by atoms with E-state index in [1.807, 2.05) is 5.41 Å². The maximum atomic E-state index is 10.3. The predicted octanol–water partition coefficient (Wildman–Crippen LogP) is 1.23. The zero-order valence-electron chi connectivity index (χ0n) is 7.45. The molecule has 1 aliphatic heterocycles. The molecule has 0 saturated heterocycles. The van der Waals surface area contributed by atoms with E-state index in [0.717, 1.165) is 0 Å². The Kier molecular flexibility index (Phi) is 2.59. The normalized spacial score (nSPS) is 14.8. The second-order valence-electron chi connectivity index (χ2n) is 2.59. The van der Waals surface area contributed by atoms with E-state index in [-0.39, 0.29) is 5.82 Å². The van der Waals surface area contributed by atoms with Crippen molar-refractivity contribution in [3.63, 3.8) is 0 Å². The maximum absolute atomic E-state index is 10.3. The fourth-order valence-electron chi connectivity index (χ4n) is 0.951. The molecule has 1 aromatic heterocycles. The third-order valence-corrected chi connectivity index (χ3v) is 2.30. The van der Waals surface area contributed by atoms with E-state index in [9.17, 15) is 10.1 Å². The summed E-state index contributed by atoms with van der Waals surface area (Å²) in [5.74, 6) is 0.325. The molecule has 0 bridgehead atoms. The van der Waals surface area contributed by atoms with Gasteiger partial charge in [0.05, 0.1) is 0 Å². The minimum atomic E-state index is -0.519. The fourth-order valence-corrected chi connectivity index (χ4v) is 1.46. The molecule has 0 aliphatic carbocycles. The molecule has 2 N–H and O–H groups in total. The summed E-state index contributed by atoms with van der Waals surface area (Å²) in [6, 6.07) is 0. The van der Waals surface area contributed by atoms with Gasteiger partial charge >= 0.3 is 5.82 Å². The fraction of sp³-hybridized carbons (Fsp3) is 0. The summed E-state index contributed by atoms with van der Waals surface area (Å²) in [6.07, 6.45) is 6.31. The van der Waals surface area contributed by atoms with Gasteiger partial charge in [-0.3, -0.25) is 5.43 Å². The van der Waals surface area contributed by atoms with E-state index < -0.39 is 4.92 Å². The first-order valence-corrected chi connectivity index (χ1v) is 4.84. The smallest absolute Gasteiger partial charge is 0.340 e. The van der Waals surface area contributed by atoms with Crippen molar-refractivity contribution in [1.82, 2.24) is 19.8 Å². The van der Waals surface area contributed by atoms with Crippen LogP contribution in [-0.4, -0.2) is 19.3 Å². The van der Waals surface area contributed by atoms with Gasteiger partial charge < -0.3 is 10.1 Å². The lowest BCUT2D eigenvalue weighted by atomic mass is 10.6. The van der Waals surface area contributed by atoms with Crippen LogP contribution in [0.3, 0.4) is 0 Å². The highest BCUT2D eigenvalue weighted by Crippen LogP contribution is 2.15. The van der Waals surface area contributed by atoms with Crippen molar-refractivity contribution in [3.8, 4) is 0 Å². The molecule has 7 nitrogen and oxygen atoms in total. The Morgan fingerprint density at radius 2 is 2.53 bits per heavy atom. The Bertz CT molecular complexity index is 419. The van der Waals surface area contributed by atoms with Crippen LogP contribution in [0.1, 0.15) is 5.82 Å². The van der Waals surface area contributed by atoms with E-state index in [0.29, 0.717) is 5.82 Å². The number of H-pyrrole nitrogens is 1. The van der Waals surface area contributed by atoms with E-state index in [2.05, 4.69) is 15.4 Å². The van der Waals surface area contributed by atoms with Gasteiger partial charge in [-0.25, -0.2) is 14.4 Å². The minimum Gasteiger partial charge on any atom is -0.358 e. The van der Waals surface area contributed by atoms with Crippen molar-refractivity contribution in [1.29, 1.82) is 0 Å². The topological polar surface area (TPSA) is 87.1 Å². The van der Waals surface area contributed by atoms with Crippen LogP contribution in [0.25, 0.3) is 6.08 Å². The molecule has 15 heavy (non-hydrogen) atoms. The molecule has 0 amide bonds. The number of nitro groups is 1. The van der Waals surface area contributed by atoms with Crippen LogP contribution in [0.4, 0.5) is 5.82 Å². The number of nitrogens with one attached hydrogen (secondary N) is 2. The first-order valence-electron chi connectivity index (χ1n) is 4.00. The maximum Gasteiger partial charge on any atom is 0.340 e. The number of rotatable bonds is 3. The van der Waals surface area contributed by atoms with Gasteiger partial charge in [0, 0.05) is 35.8 Å². The number of hydrogen-bond donors (Lipinski definition) is 2. The van der Waals surface area contributed by atoms with Gasteiger partial charge in [0.1, 0.15) is 6.20 Å². The molecule has 1 aliphatic rings. The van der Waals surface area contributed by atoms with E-state index in [4.69, 9.17) is 0 Å². The van der Waals surface area contributed by atoms with Crippen molar-refractivity contribution < 1.29 is 4.92 Å². The summed E-state index contributed by atoms with van der Waals surface area (Å²) in [7, 11) is 0. The lowest BCUT2D eigenvalue weighted by molar-refractivity contribution is -0.389. The highest BCUT2D eigenvalue weighted by Gasteiger charge is 2.07. The Morgan fingerprint density at radius 1 is 1.67 bits per heavy atom. The standard InChI is InChI=1S/C7H7N5O2S/c13-12(14)7-5-8-6(10-7)1-3-11-9-2-4-15-11/h1-5,9H,(H,8,10). The van der Waals surface area contributed by atoms with Crippen molar-refractivity contribution in [2.45, 2.75) is 0 Å². The molecule has 0 fully saturated rings. The molecule has 0 spiro atoms. The average molecular weight is 225 g/mol. The van der Waals surface area contributed by atoms with Crippen LogP contribution < -0.4 is 5.43 Å². The molecule has 0 saturated carbocycles. The van der Waals surface area contributed by atoms with Gasteiger partial charge in [-0.15, -0.1) is 0 Å². The quantitative estimate of drug-likeness (QED) is 0.457. The lowest BCUT2D eigenvalue weighted by Crippen LogP contribution is -2.16. The van der Waals surface area contributed by atoms with Crippen LogP contribution in [-0.2, 0) is 0 Å². The monoisotopic (exact) mass is 225 g/mol. The zero-order chi connectivity index (χ0) is 10.7. The van der Waals surface area contributed by atoms with E-state index in [1.165, 1.54) is 18.1 Å². The van der Waals surface area contributed by atoms with Crippen molar-refractivity contribution in [2.24, 2.45) is 0 Å². The summed E-state index contributed by atoms with van der Waals surface area (Å²) < 4.78 is 1.73. The molecule has 2 rings (SSSR count). The Balaban J connectivity index is 2.01. The molecule has 78 valence electrons. The number of nitrogens with zero attached hydrogens (tertiary/aromatic N) is 3. The van der Waals surface area contributed by atoms with Crippen LogP contribution in [0.15, 0.2) is 24.0 Å². The minimum absolute atomic E-state index is 0.116. The highest BCUT2D eigenvalue weighted by molar-refractivity contribution is 8.00. The molecule has 8 heteroatoms. The molecule has 0 aromatic carbocycles. The number of imidazole rings is 1. The molecule has 0 atom stereocenters. The van der Waals surface area contributed by atoms with Gasteiger partial charge in [-0.1, -0.05) is 0 Å². The summed E-state index contributed by atoms with van der Waals surface area (Å²) in [6.45, 7) is 0. The second kappa shape index (κ2) is 4.05. The summed E-state index contributed by atoms with van der Waals surface area (Å²) >= 11 is 1.45. The lowest BCUT2D eigenvalue weighted by Gasteiger charge is -2.08. The predicted molar refractivity (Wildman–Crippen MR) is 56.0 cm³/mol. The van der Waals surface area contributed by atoms with Gasteiger partial charge in [-0.2, -0.15) is 0 Å². The number of aromatic amines is 1. The molecule has 0 radical (unpaired) electrons. The SMILES string of the molecule is O=[N+]([O-])c1cnc(C=CN2NC=CS2)[nH]1. The van der Waals surface area contributed by atoms with Crippen molar-refractivity contribution >= 4 is 23.8 Å². The van der Waals surface area contributed by atoms with Crippen LogP contribution in [0, 0.1) is 10.1 Å². The van der Waals surface area contributed by atoms with Crippen LogP contribution >= 0.6 is 11.9 Å². The van der Waals surface area contributed by atoms with Gasteiger partial charge in [0.25, 0.3) is 0 Å². The largest absolute Gasteiger partial charge is 0.358 e. The summed E-state index contributed by atoms with van der Waals surface area (Å²) in [5.41, 5.74) is 2.91.